The molecule has 2 N–H and O–H groups in total. The van der Waals surface area contributed by atoms with Gasteiger partial charge in [-0.05, 0) is 62.6 Å². The normalized spacial score (nSPS) is 27.6. The van der Waals surface area contributed by atoms with Gasteiger partial charge in [0, 0.05) is 23.8 Å². The maximum Gasteiger partial charge on any atom is 0.251 e. The Labute approximate surface area is 126 Å². The largest absolute Gasteiger partial charge is 0.382 e. The lowest BCUT2D eigenvalue weighted by Gasteiger charge is -2.27. The highest BCUT2D eigenvalue weighted by Gasteiger charge is 2.38. The van der Waals surface area contributed by atoms with E-state index in [1.807, 2.05) is 31.2 Å². The van der Waals surface area contributed by atoms with Gasteiger partial charge in [0.1, 0.15) is 0 Å². The van der Waals surface area contributed by atoms with Crippen molar-refractivity contribution in [1.29, 1.82) is 0 Å². The standard InChI is InChI=1S/C18H24N2O/c1-3-19-18(21)15-5-4-6-16(11-15)20-12(2)17-10-13-7-8-14(17)9-13/h4-8,11-14,17,20H,3,9-10H2,1-2H3,(H,19,21). The Kier molecular flexibility index (Phi) is 4.00. The summed E-state index contributed by atoms with van der Waals surface area (Å²) in [6.45, 7) is 4.85. The number of carbonyl (C=O) groups excluding carboxylic acids is 1. The number of anilines is 1. The molecule has 3 nitrogen and oxygen atoms in total. The van der Waals surface area contributed by atoms with Crippen LogP contribution < -0.4 is 10.6 Å². The van der Waals surface area contributed by atoms with E-state index < -0.39 is 0 Å². The van der Waals surface area contributed by atoms with E-state index in [1.165, 1.54) is 12.8 Å². The Morgan fingerprint density at radius 2 is 2.19 bits per heavy atom. The minimum absolute atomic E-state index is 0.00309. The van der Waals surface area contributed by atoms with Gasteiger partial charge in [-0.2, -0.15) is 0 Å². The van der Waals surface area contributed by atoms with E-state index in [4.69, 9.17) is 0 Å². The van der Waals surface area contributed by atoms with Crippen LogP contribution in [0.15, 0.2) is 36.4 Å². The van der Waals surface area contributed by atoms with Crippen LogP contribution in [0.4, 0.5) is 5.69 Å². The average molecular weight is 284 g/mol. The molecule has 21 heavy (non-hydrogen) atoms. The van der Waals surface area contributed by atoms with Crippen molar-refractivity contribution in [2.24, 2.45) is 17.8 Å². The van der Waals surface area contributed by atoms with E-state index >= 15 is 0 Å². The lowest BCUT2D eigenvalue weighted by atomic mass is 9.87. The number of hydrogen-bond donors (Lipinski definition) is 2. The van der Waals surface area contributed by atoms with Crippen LogP contribution in [0, 0.1) is 17.8 Å². The first-order chi connectivity index (χ1) is 10.2. The Balaban J connectivity index is 1.66. The molecule has 4 atom stereocenters. The van der Waals surface area contributed by atoms with Gasteiger partial charge >= 0.3 is 0 Å². The third kappa shape index (κ3) is 2.97. The second-order valence-corrected chi connectivity index (χ2v) is 6.32. The quantitative estimate of drug-likeness (QED) is 0.813. The first kappa shape index (κ1) is 14.2. The van der Waals surface area contributed by atoms with Crippen LogP contribution in [0.2, 0.25) is 0 Å². The van der Waals surface area contributed by atoms with Gasteiger partial charge in [0.2, 0.25) is 0 Å². The monoisotopic (exact) mass is 284 g/mol. The highest BCUT2D eigenvalue weighted by atomic mass is 16.1. The molecule has 3 heteroatoms. The average Bonchev–Trinajstić information content (AvgIpc) is 3.10. The van der Waals surface area contributed by atoms with Gasteiger partial charge in [-0.15, -0.1) is 0 Å². The fraction of sp³-hybridized carbons (Fsp3) is 0.500. The molecule has 2 aliphatic rings. The molecule has 1 aromatic rings. The van der Waals surface area contributed by atoms with Crippen LogP contribution in [0.3, 0.4) is 0 Å². The van der Waals surface area contributed by atoms with Crippen LogP contribution in [-0.4, -0.2) is 18.5 Å². The molecule has 2 aliphatic carbocycles. The van der Waals surface area contributed by atoms with Crippen LogP contribution >= 0.6 is 0 Å². The van der Waals surface area contributed by atoms with Crippen molar-refractivity contribution in [3.63, 3.8) is 0 Å². The van der Waals surface area contributed by atoms with Crippen LogP contribution in [-0.2, 0) is 0 Å². The van der Waals surface area contributed by atoms with Gasteiger partial charge in [-0.3, -0.25) is 4.79 Å². The molecule has 0 aliphatic heterocycles. The van der Waals surface area contributed by atoms with Crippen molar-refractivity contribution < 1.29 is 4.79 Å². The molecule has 1 saturated carbocycles. The lowest BCUT2D eigenvalue weighted by molar-refractivity contribution is 0.0956. The minimum atomic E-state index is -0.00309. The maximum absolute atomic E-state index is 11.9. The summed E-state index contributed by atoms with van der Waals surface area (Å²) in [6, 6.07) is 8.24. The topological polar surface area (TPSA) is 41.1 Å². The molecule has 4 unspecified atom stereocenters. The molecule has 0 radical (unpaired) electrons. The highest BCUT2D eigenvalue weighted by molar-refractivity contribution is 5.95. The lowest BCUT2D eigenvalue weighted by Crippen LogP contribution is -2.29. The van der Waals surface area contributed by atoms with E-state index in [9.17, 15) is 4.79 Å². The van der Waals surface area contributed by atoms with E-state index in [2.05, 4.69) is 29.7 Å². The summed E-state index contributed by atoms with van der Waals surface area (Å²) < 4.78 is 0. The van der Waals surface area contributed by atoms with E-state index in [0.717, 1.165) is 23.1 Å². The summed E-state index contributed by atoms with van der Waals surface area (Å²) >= 11 is 0. The molecule has 0 heterocycles. The number of nitrogens with one attached hydrogen (secondary N) is 2. The zero-order valence-corrected chi connectivity index (χ0v) is 12.8. The van der Waals surface area contributed by atoms with Gasteiger partial charge in [0.25, 0.3) is 5.91 Å². The summed E-state index contributed by atoms with van der Waals surface area (Å²) in [5, 5.41) is 6.44. The smallest absolute Gasteiger partial charge is 0.251 e. The zero-order chi connectivity index (χ0) is 14.8. The van der Waals surface area contributed by atoms with Gasteiger partial charge in [-0.1, -0.05) is 18.2 Å². The van der Waals surface area contributed by atoms with Crippen LogP contribution in [0.25, 0.3) is 0 Å². The Hall–Kier alpha value is -1.77. The van der Waals surface area contributed by atoms with Crippen molar-refractivity contribution in [1.82, 2.24) is 5.32 Å². The van der Waals surface area contributed by atoms with Gasteiger partial charge < -0.3 is 10.6 Å². The maximum atomic E-state index is 11.9. The van der Waals surface area contributed by atoms with Crippen molar-refractivity contribution in [2.45, 2.75) is 32.7 Å². The zero-order valence-electron chi connectivity index (χ0n) is 12.8. The number of hydrogen-bond acceptors (Lipinski definition) is 2. The summed E-state index contributed by atoms with van der Waals surface area (Å²) in [5.74, 6) is 2.25. The molecule has 0 aromatic heterocycles. The fourth-order valence-corrected chi connectivity index (χ4v) is 3.78. The number of allylic oxidation sites excluding steroid dienone is 2. The van der Waals surface area contributed by atoms with E-state index in [0.29, 0.717) is 18.5 Å². The van der Waals surface area contributed by atoms with Gasteiger partial charge in [0.05, 0.1) is 0 Å². The second-order valence-electron chi connectivity index (χ2n) is 6.32. The molecule has 0 saturated heterocycles. The number of benzene rings is 1. The fourth-order valence-electron chi connectivity index (χ4n) is 3.78. The second kappa shape index (κ2) is 5.92. The summed E-state index contributed by atoms with van der Waals surface area (Å²) in [7, 11) is 0. The Morgan fingerprint density at radius 1 is 1.33 bits per heavy atom. The molecule has 1 aromatic carbocycles. The predicted molar refractivity (Wildman–Crippen MR) is 86.4 cm³/mol. The van der Waals surface area contributed by atoms with E-state index in [-0.39, 0.29) is 5.91 Å². The van der Waals surface area contributed by atoms with E-state index in [1.54, 1.807) is 0 Å². The molecule has 0 spiro atoms. The Morgan fingerprint density at radius 3 is 2.86 bits per heavy atom. The molecular formula is C18H24N2O. The summed E-state index contributed by atoms with van der Waals surface area (Å²) in [4.78, 5) is 11.9. The van der Waals surface area contributed by atoms with Crippen LogP contribution in [0.5, 0.6) is 0 Å². The SMILES string of the molecule is CCNC(=O)c1cccc(NC(C)C2CC3C=CC2C3)c1. The number of fused-ring (bicyclic) bond motifs is 2. The molecule has 2 bridgehead atoms. The molecule has 1 amide bonds. The van der Waals surface area contributed by atoms with Crippen molar-refractivity contribution in [2.75, 3.05) is 11.9 Å². The van der Waals surface area contributed by atoms with Crippen LogP contribution in [0.1, 0.15) is 37.0 Å². The molecule has 3 rings (SSSR count). The predicted octanol–water partition coefficient (Wildman–Crippen LogP) is 3.45. The highest BCUT2D eigenvalue weighted by Crippen LogP contribution is 2.45. The van der Waals surface area contributed by atoms with Gasteiger partial charge in [0.15, 0.2) is 0 Å². The molecule has 112 valence electrons. The Bertz CT molecular complexity index is 552. The van der Waals surface area contributed by atoms with Crippen molar-refractivity contribution in [3.05, 3.63) is 42.0 Å². The number of rotatable bonds is 5. The van der Waals surface area contributed by atoms with Gasteiger partial charge in [-0.25, -0.2) is 0 Å². The number of amides is 1. The third-order valence-electron chi connectivity index (χ3n) is 4.83. The molecular weight excluding hydrogens is 260 g/mol. The first-order valence-electron chi connectivity index (χ1n) is 8.00. The summed E-state index contributed by atoms with van der Waals surface area (Å²) in [6.07, 6.45) is 7.40. The van der Waals surface area contributed by atoms with Crippen molar-refractivity contribution >= 4 is 11.6 Å². The molecule has 1 fully saturated rings. The third-order valence-corrected chi connectivity index (χ3v) is 4.83. The number of carbonyl (C=O) groups is 1. The van der Waals surface area contributed by atoms with Crippen molar-refractivity contribution in [3.8, 4) is 0 Å². The summed E-state index contributed by atoms with van der Waals surface area (Å²) in [5.41, 5.74) is 1.76. The first-order valence-corrected chi connectivity index (χ1v) is 8.00. The minimum Gasteiger partial charge on any atom is -0.382 e.